The van der Waals surface area contributed by atoms with Gasteiger partial charge in [0.15, 0.2) is 5.65 Å². The zero-order chi connectivity index (χ0) is 14.4. The lowest BCUT2D eigenvalue weighted by Gasteiger charge is -2.18. The number of ether oxygens (including phenoxy) is 1. The minimum Gasteiger partial charge on any atom is -0.354 e. The third-order valence-electron chi connectivity index (χ3n) is 4.56. The van der Waals surface area contributed by atoms with Gasteiger partial charge in [0.25, 0.3) is 0 Å². The van der Waals surface area contributed by atoms with E-state index < -0.39 is 0 Å². The number of aryl methyl sites for hydroxylation is 2. The minimum absolute atomic E-state index is 0.0219. The fourth-order valence-corrected chi connectivity index (χ4v) is 3.19. The van der Waals surface area contributed by atoms with Crippen molar-refractivity contribution in [3.05, 3.63) is 17.8 Å². The van der Waals surface area contributed by atoms with E-state index in [1.807, 2.05) is 20.2 Å². The number of nitrogens with zero attached hydrogens (tertiary/aromatic N) is 4. The van der Waals surface area contributed by atoms with Crippen molar-refractivity contribution in [1.29, 1.82) is 0 Å². The molecular formula is C15H22N4O. The molecule has 0 N–H and O–H groups in total. The van der Waals surface area contributed by atoms with Crippen molar-refractivity contribution in [3.8, 4) is 0 Å². The van der Waals surface area contributed by atoms with Crippen LogP contribution in [0.5, 0.6) is 0 Å². The molecule has 1 aliphatic rings. The molecule has 0 saturated carbocycles. The van der Waals surface area contributed by atoms with Crippen LogP contribution >= 0.6 is 0 Å². The van der Waals surface area contributed by atoms with Gasteiger partial charge < -0.3 is 4.74 Å². The Bertz CT molecular complexity index is 636. The van der Waals surface area contributed by atoms with Gasteiger partial charge in [-0.2, -0.15) is 0 Å². The van der Waals surface area contributed by atoms with Crippen LogP contribution in [-0.2, 0) is 4.74 Å². The molecule has 108 valence electrons. The minimum atomic E-state index is 0.0219. The number of aromatic nitrogens is 4. The Morgan fingerprint density at radius 3 is 2.60 bits per heavy atom. The molecule has 0 radical (unpaired) electrons. The van der Waals surface area contributed by atoms with Crippen LogP contribution in [0, 0.1) is 25.7 Å². The molecule has 5 nitrogen and oxygen atoms in total. The van der Waals surface area contributed by atoms with Crippen molar-refractivity contribution >= 4 is 11.2 Å². The zero-order valence-electron chi connectivity index (χ0n) is 12.8. The summed E-state index contributed by atoms with van der Waals surface area (Å²) in [6.07, 6.45) is 3.23. The number of rotatable bonds is 2. The van der Waals surface area contributed by atoms with Gasteiger partial charge in [-0.15, -0.1) is 0 Å². The van der Waals surface area contributed by atoms with Crippen LogP contribution in [0.15, 0.2) is 6.33 Å². The number of imidazole rings is 1. The molecule has 20 heavy (non-hydrogen) atoms. The van der Waals surface area contributed by atoms with E-state index in [9.17, 15) is 0 Å². The summed E-state index contributed by atoms with van der Waals surface area (Å²) in [4.78, 5) is 13.4. The van der Waals surface area contributed by atoms with Crippen LogP contribution in [0.1, 0.15) is 44.9 Å². The number of fused-ring (bicyclic) bond motifs is 1. The standard InChI is InChI=1S/C15H22N4O/c1-6-12-8(2)9(3)15(20-12)19-7-16-13-10(4)17-11(5)18-14(13)19/h7-9,12,15H,6H2,1-5H3/t8-,9+,12+,15?/m0/s1. The highest BCUT2D eigenvalue weighted by Crippen LogP contribution is 2.40. The van der Waals surface area contributed by atoms with E-state index in [1.165, 1.54) is 0 Å². The fourth-order valence-electron chi connectivity index (χ4n) is 3.19. The first-order valence-electron chi connectivity index (χ1n) is 7.36. The molecular weight excluding hydrogens is 252 g/mol. The van der Waals surface area contributed by atoms with Gasteiger partial charge in [0.2, 0.25) is 0 Å². The van der Waals surface area contributed by atoms with Crippen LogP contribution in [0.25, 0.3) is 11.2 Å². The van der Waals surface area contributed by atoms with E-state index in [2.05, 4.69) is 40.3 Å². The van der Waals surface area contributed by atoms with Gasteiger partial charge in [-0.05, 0) is 26.2 Å². The average Bonchev–Trinajstić information content (AvgIpc) is 2.93. The molecule has 3 rings (SSSR count). The molecule has 1 fully saturated rings. The molecule has 0 aromatic carbocycles. The maximum Gasteiger partial charge on any atom is 0.165 e. The smallest absolute Gasteiger partial charge is 0.165 e. The first kappa shape index (κ1) is 13.5. The summed E-state index contributed by atoms with van der Waals surface area (Å²) in [5.74, 6) is 1.78. The predicted molar refractivity (Wildman–Crippen MR) is 77.3 cm³/mol. The quantitative estimate of drug-likeness (QED) is 0.844. The fraction of sp³-hybridized carbons (Fsp3) is 0.667. The van der Waals surface area contributed by atoms with Gasteiger partial charge in [0, 0.05) is 5.92 Å². The highest BCUT2D eigenvalue weighted by molar-refractivity contribution is 5.73. The summed E-state index contributed by atoms with van der Waals surface area (Å²) in [5, 5.41) is 0. The van der Waals surface area contributed by atoms with E-state index >= 15 is 0 Å². The topological polar surface area (TPSA) is 52.8 Å². The van der Waals surface area contributed by atoms with Crippen molar-refractivity contribution in [1.82, 2.24) is 19.5 Å². The molecule has 1 saturated heterocycles. The second kappa shape index (κ2) is 4.81. The van der Waals surface area contributed by atoms with E-state index in [1.54, 1.807) is 0 Å². The van der Waals surface area contributed by atoms with Crippen LogP contribution in [0.4, 0.5) is 0 Å². The summed E-state index contributed by atoms with van der Waals surface area (Å²) in [5.41, 5.74) is 2.69. The molecule has 5 heteroatoms. The Balaban J connectivity index is 2.07. The zero-order valence-corrected chi connectivity index (χ0v) is 12.8. The largest absolute Gasteiger partial charge is 0.354 e. The second-order valence-electron chi connectivity index (χ2n) is 5.87. The molecule has 2 aromatic rings. The SMILES string of the molecule is CC[C@H]1OC(n2cnc3c(C)nc(C)nc32)[C@H](C)[C@@H]1C. The highest BCUT2D eigenvalue weighted by atomic mass is 16.5. The summed E-state index contributed by atoms with van der Waals surface area (Å²) < 4.78 is 8.31. The van der Waals surface area contributed by atoms with Gasteiger partial charge in [0.05, 0.1) is 18.1 Å². The summed E-state index contributed by atoms with van der Waals surface area (Å²) in [6, 6.07) is 0. The third kappa shape index (κ3) is 1.92. The molecule has 0 spiro atoms. The van der Waals surface area contributed by atoms with E-state index in [0.29, 0.717) is 17.9 Å². The van der Waals surface area contributed by atoms with Crippen LogP contribution in [0.3, 0.4) is 0 Å². The summed E-state index contributed by atoms with van der Waals surface area (Å²) in [7, 11) is 0. The van der Waals surface area contributed by atoms with Gasteiger partial charge in [0.1, 0.15) is 17.6 Å². The number of hydrogen-bond donors (Lipinski definition) is 0. The lowest BCUT2D eigenvalue weighted by atomic mass is 9.91. The van der Waals surface area contributed by atoms with Crippen LogP contribution in [-0.4, -0.2) is 25.6 Å². The second-order valence-corrected chi connectivity index (χ2v) is 5.87. The Hall–Kier alpha value is -1.49. The molecule has 1 aliphatic heterocycles. The third-order valence-corrected chi connectivity index (χ3v) is 4.56. The molecule has 3 heterocycles. The van der Waals surface area contributed by atoms with Gasteiger partial charge >= 0.3 is 0 Å². The maximum absolute atomic E-state index is 6.23. The Morgan fingerprint density at radius 1 is 1.20 bits per heavy atom. The predicted octanol–water partition coefficient (Wildman–Crippen LogP) is 3.02. The van der Waals surface area contributed by atoms with Crippen molar-refractivity contribution in [2.24, 2.45) is 11.8 Å². The molecule has 0 bridgehead atoms. The molecule has 1 unspecified atom stereocenters. The van der Waals surface area contributed by atoms with Gasteiger partial charge in [-0.1, -0.05) is 20.8 Å². The lowest BCUT2D eigenvalue weighted by Crippen LogP contribution is -2.15. The lowest BCUT2D eigenvalue weighted by molar-refractivity contribution is -0.0120. The Morgan fingerprint density at radius 2 is 1.95 bits per heavy atom. The summed E-state index contributed by atoms with van der Waals surface area (Å²) in [6.45, 7) is 10.6. The molecule has 4 atom stereocenters. The first-order chi connectivity index (χ1) is 9.52. The summed E-state index contributed by atoms with van der Waals surface area (Å²) >= 11 is 0. The molecule has 0 amide bonds. The first-order valence-corrected chi connectivity index (χ1v) is 7.36. The molecule has 0 aliphatic carbocycles. The average molecular weight is 274 g/mol. The Kier molecular flexibility index (Phi) is 3.24. The number of hydrogen-bond acceptors (Lipinski definition) is 4. The van der Waals surface area contributed by atoms with Crippen molar-refractivity contribution in [3.63, 3.8) is 0 Å². The van der Waals surface area contributed by atoms with E-state index in [-0.39, 0.29) is 6.23 Å². The van der Waals surface area contributed by atoms with E-state index in [4.69, 9.17) is 4.74 Å². The maximum atomic E-state index is 6.23. The Labute approximate surface area is 119 Å². The van der Waals surface area contributed by atoms with Crippen molar-refractivity contribution in [2.75, 3.05) is 0 Å². The van der Waals surface area contributed by atoms with Crippen molar-refractivity contribution < 1.29 is 4.74 Å². The van der Waals surface area contributed by atoms with Crippen molar-refractivity contribution in [2.45, 2.75) is 53.4 Å². The van der Waals surface area contributed by atoms with Gasteiger partial charge in [-0.25, -0.2) is 15.0 Å². The van der Waals surface area contributed by atoms with Gasteiger partial charge in [-0.3, -0.25) is 4.57 Å². The monoisotopic (exact) mass is 274 g/mol. The highest BCUT2D eigenvalue weighted by Gasteiger charge is 2.39. The van der Waals surface area contributed by atoms with E-state index in [0.717, 1.165) is 29.1 Å². The molecule has 2 aromatic heterocycles. The van der Waals surface area contributed by atoms with Crippen LogP contribution in [0.2, 0.25) is 0 Å². The van der Waals surface area contributed by atoms with Crippen LogP contribution < -0.4 is 0 Å². The normalized spacial score (nSPS) is 30.2.